The molecule has 0 fully saturated rings. The molecule has 6 aromatic carbocycles. The summed E-state index contributed by atoms with van der Waals surface area (Å²) in [5, 5.41) is 34.1. The SMILES string of the molecule is N#Cc1ccc2c(c1)c1cccc(C#N)c1n2-c1ccc(-c2cccc(-c3ccccc3-n3c4ccccc4c4cccnc43)c2)cc1C#N. The maximum Gasteiger partial charge on any atom is 0.145 e. The predicted octanol–water partition coefficient (Wildman–Crippen LogP) is 10.2. The van der Waals surface area contributed by atoms with Crippen molar-refractivity contribution < 1.29 is 0 Å². The first-order valence-corrected chi connectivity index (χ1v) is 16.1. The minimum Gasteiger partial charge on any atom is -0.307 e. The number of para-hydroxylation sites is 3. The Balaban J connectivity index is 1.20. The molecule has 9 aromatic rings. The number of aromatic nitrogens is 3. The van der Waals surface area contributed by atoms with Crippen molar-refractivity contribution in [2.75, 3.05) is 0 Å². The van der Waals surface area contributed by atoms with E-state index in [1.54, 1.807) is 12.1 Å². The Labute approximate surface area is 287 Å². The monoisotopic (exact) mass is 636 g/mol. The Hall–Kier alpha value is -7.46. The number of fused-ring (bicyclic) bond motifs is 6. The van der Waals surface area contributed by atoms with E-state index in [2.05, 4.69) is 95.6 Å². The molecule has 0 unspecified atom stereocenters. The molecule has 230 valence electrons. The summed E-state index contributed by atoms with van der Waals surface area (Å²) in [6.07, 6.45) is 1.83. The number of benzene rings is 6. The Bertz CT molecular complexity index is 2920. The number of nitriles is 3. The largest absolute Gasteiger partial charge is 0.307 e. The lowest BCUT2D eigenvalue weighted by Crippen LogP contribution is -2.00. The average Bonchev–Trinajstić information content (AvgIpc) is 3.70. The van der Waals surface area contributed by atoms with Crippen LogP contribution in [0.4, 0.5) is 0 Å². The van der Waals surface area contributed by atoms with Crippen LogP contribution in [0.5, 0.6) is 0 Å². The summed E-state index contributed by atoms with van der Waals surface area (Å²) in [5.41, 5.74) is 10.7. The van der Waals surface area contributed by atoms with Crippen LogP contribution in [-0.4, -0.2) is 14.1 Å². The van der Waals surface area contributed by atoms with Crippen LogP contribution >= 0.6 is 0 Å². The van der Waals surface area contributed by atoms with E-state index in [0.29, 0.717) is 27.9 Å². The molecule has 0 aliphatic carbocycles. The fraction of sp³-hybridized carbons (Fsp3) is 0. The molecule has 3 heterocycles. The maximum atomic E-state index is 10.5. The van der Waals surface area contributed by atoms with Gasteiger partial charge in [-0.05, 0) is 83.4 Å². The van der Waals surface area contributed by atoms with Crippen LogP contribution in [-0.2, 0) is 0 Å². The molecule has 0 amide bonds. The van der Waals surface area contributed by atoms with Gasteiger partial charge in [-0.1, -0.05) is 72.8 Å². The number of nitrogens with zero attached hydrogens (tertiary/aromatic N) is 6. The summed E-state index contributed by atoms with van der Waals surface area (Å²) in [5.74, 6) is 0. The van der Waals surface area contributed by atoms with E-state index >= 15 is 0 Å². The molecule has 0 spiro atoms. The Kier molecular flexibility index (Phi) is 6.53. The molecule has 0 saturated heterocycles. The van der Waals surface area contributed by atoms with Crippen LogP contribution in [0, 0.1) is 34.0 Å². The third kappa shape index (κ3) is 4.29. The second kappa shape index (κ2) is 11.4. The van der Waals surface area contributed by atoms with E-state index in [-0.39, 0.29) is 0 Å². The minimum atomic E-state index is 0.473. The van der Waals surface area contributed by atoms with Gasteiger partial charge in [0, 0.05) is 33.3 Å². The highest BCUT2D eigenvalue weighted by Gasteiger charge is 2.20. The molecule has 6 heteroatoms. The first kappa shape index (κ1) is 28.7. The molecule has 0 saturated carbocycles. The van der Waals surface area contributed by atoms with Crippen LogP contribution in [0.3, 0.4) is 0 Å². The van der Waals surface area contributed by atoms with Crippen molar-refractivity contribution in [2.45, 2.75) is 0 Å². The molecule has 9 rings (SSSR count). The normalized spacial score (nSPS) is 11.1. The van der Waals surface area contributed by atoms with Crippen molar-refractivity contribution in [3.8, 4) is 51.8 Å². The predicted molar refractivity (Wildman–Crippen MR) is 198 cm³/mol. The lowest BCUT2D eigenvalue weighted by Gasteiger charge is -2.15. The molecule has 0 aliphatic heterocycles. The van der Waals surface area contributed by atoms with Gasteiger partial charge < -0.3 is 4.57 Å². The summed E-state index contributed by atoms with van der Waals surface area (Å²) in [4.78, 5) is 4.80. The highest BCUT2D eigenvalue weighted by Crippen LogP contribution is 2.39. The molecule has 6 nitrogen and oxygen atoms in total. The average molecular weight is 637 g/mol. The second-order valence-electron chi connectivity index (χ2n) is 12.2. The standard InChI is InChI=1S/C44H24N6/c45-25-28-17-19-42-38(22-28)36-13-6-10-32(26-46)43(36)49(42)39-20-18-30(24-33(39)27-47)29-8-5-9-31(23-29)34-11-1-3-15-40(34)50-41-16-4-2-12-35(41)37-14-7-21-48-44(37)50/h1-24H. The van der Waals surface area contributed by atoms with Crippen molar-refractivity contribution >= 4 is 43.7 Å². The molecule has 50 heavy (non-hydrogen) atoms. The smallest absolute Gasteiger partial charge is 0.145 e. The summed E-state index contributed by atoms with van der Waals surface area (Å²) >= 11 is 0. The topological polar surface area (TPSA) is 94.1 Å². The van der Waals surface area contributed by atoms with E-state index < -0.39 is 0 Å². The van der Waals surface area contributed by atoms with Gasteiger partial charge in [-0.15, -0.1) is 0 Å². The lowest BCUT2D eigenvalue weighted by atomic mass is 9.96. The van der Waals surface area contributed by atoms with Gasteiger partial charge in [0.25, 0.3) is 0 Å². The van der Waals surface area contributed by atoms with Gasteiger partial charge in [-0.3, -0.25) is 4.57 Å². The van der Waals surface area contributed by atoms with E-state index in [9.17, 15) is 15.8 Å². The van der Waals surface area contributed by atoms with Gasteiger partial charge in [0.2, 0.25) is 0 Å². The van der Waals surface area contributed by atoms with Gasteiger partial charge >= 0.3 is 0 Å². The third-order valence-corrected chi connectivity index (χ3v) is 9.48. The van der Waals surface area contributed by atoms with Crippen LogP contribution in [0.1, 0.15) is 16.7 Å². The zero-order chi connectivity index (χ0) is 33.8. The van der Waals surface area contributed by atoms with Crippen LogP contribution in [0.15, 0.2) is 146 Å². The molecule has 0 radical (unpaired) electrons. The van der Waals surface area contributed by atoms with Crippen LogP contribution in [0.25, 0.3) is 77.4 Å². The number of rotatable bonds is 4. The summed E-state index contributed by atoms with van der Waals surface area (Å²) in [7, 11) is 0. The molecule has 0 atom stereocenters. The molecular formula is C44H24N6. The molecular weight excluding hydrogens is 613 g/mol. The first-order chi connectivity index (χ1) is 24.7. The van der Waals surface area contributed by atoms with Gasteiger partial charge in [0.05, 0.1) is 50.7 Å². The third-order valence-electron chi connectivity index (χ3n) is 9.48. The van der Waals surface area contributed by atoms with Crippen molar-refractivity contribution in [2.24, 2.45) is 0 Å². The fourth-order valence-electron chi connectivity index (χ4n) is 7.30. The summed E-state index contributed by atoms with van der Waals surface area (Å²) < 4.78 is 4.20. The Morgan fingerprint density at radius 2 is 1.20 bits per heavy atom. The van der Waals surface area contributed by atoms with Gasteiger partial charge in [0.1, 0.15) is 17.8 Å². The van der Waals surface area contributed by atoms with Crippen LogP contribution < -0.4 is 0 Å². The van der Waals surface area contributed by atoms with Gasteiger partial charge in [0.15, 0.2) is 0 Å². The Morgan fingerprint density at radius 1 is 0.460 bits per heavy atom. The van der Waals surface area contributed by atoms with E-state index in [0.717, 1.165) is 66.2 Å². The maximum absolute atomic E-state index is 10.5. The number of hydrogen-bond donors (Lipinski definition) is 0. The fourth-order valence-corrected chi connectivity index (χ4v) is 7.30. The van der Waals surface area contributed by atoms with E-state index in [4.69, 9.17) is 4.98 Å². The molecule has 0 N–H and O–H groups in total. The Morgan fingerprint density at radius 3 is 2.08 bits per heavy atom. The minimum absolute atomic E-state index is 0.473. The lowest BCUT2D eigenvalue weighted by molar-refractivity contribution is 1.14. The summed E-state index contributed by atoms with van der Waals surface area (Å²) in [6, 6.07) is 53.2. The van der Waals surface area contributed by atoms with Crippen molar-refractivity contribution in [1.82, 2.24) is 14.1 Å². The number of hydrogen-bond acceptors (Lipinski definition) is 4. The van der Waals surface area contributed by atoms with Crippen molar-refractivity contribution in [3.05, 3.63) is 162 Å². The number of pyridine rings is 1. The molecule has 3 aromatic heterocycles. The second-order valence-corrected chi connectivity index (χ2v) is 12.2. The first-order valence-electron chi connectivity index (χ1n) is 16.1. The highest BCUT2D eigenvalue weighted by molar-refractivity contribution is 6.11. The summed E-state index contributed by atoms with van der Waals surface area (Å²) in [6.45, 7) is 0. The quantitative estimate of drug-likeness (QED) is 0.192. The van der Waals surface area contributed by atoms with Crippen molar-refractivity contribution in [3.63, 3.8) is 0 Å². The zero-order valence-corrected chi connectivity index (χ0v) is 26.5. The van der Waals surface area contributed by atoms with Gasteiger partial charge in [-0.2, -0.15) is 15.8 Å². The highest BCUT2D eigenvalue weighted by atomic mass is 15.0. The molecule has 0 bridgehead atoms. The van der Waals surface area contributed by atoms with Crippen LogP contribution in [0.2, 0.25) is 0 Å². The van der Waals surface area contributed by atoms with Crippen molar-refractivity contribution in [1.29, 1.82) is 15.8 Å². The van der Waals surface area contributed by atoms with E-state index in [1.807, 2.05) is 65.4 Å². The zero-order valence-electron chi connectivity index (χ0n) is 26.5. The van der Waals surface area contributed by atoms with E-state index in [1.165, 1.54) is 0 Å². The van der Waals surface area contributed by atoms with Gasteiger partial charge in [-0.25, -0.2) is 4.98 Å². The molecule has 0 aliphatic rings.